The van der Waals surface area contributed by atoms with E-state index in [0.29, 0.717) is 5.02 Å². The van der Waals surface area contributed by atoms with Crippen LogP contribution >= 0.6 is 23.2 Å². The number of rotatable bonds is 5. The Morgan fingerprint density at radius 1 is 1.04 bits per heavy atom. The predicted octanol–water partition coefficient (Wildman–Crippen LogP) is 4.14. The zero-order valence-electron chi connectivity index (χ0n) is 12.0. The number of halogens is 3. The van der Waals surface area contributed by atoms with Gasteiger partial charge in [0.2, 0.25) is 10.0 Å². The standard InChI is InChI=1S/C16H14Cl2FNO2S/c17-14-6-5-13(9-15(14)18)23(21,22)20-10-16(7-8-16)11-1-3-12(19)4-2-11/h1-6,9,20H,7-8,10H2. The largest absolute Gasteiger partial charge is 0.240 e. The van der Waals surface area contributed by atoms with Crippen LogP contribution in [0.5, 0.6) is 0 Å². The van der Waals surface area contributed by atoms with Gasteiger partial charge in [-0.25, -0.2) is 17.5 Å². The smallest absolute Gasteiger partial charge is 0.210 e. The fourth-order valence-electron chi connectivity index (χ4n) is 2.48. The number of benzene rings is 2. The van der Waals surface area contributed by atoms with Gasteiger partial charge in [-0.3, -0.25) is 0 Å². The molecular weight excluding hydrogens is 360 g/mol. The molecule has 122 valence electrons. The minimum absolute atomic E-state index is 0.0711. The summed E-state index contributed by atoms with van der Waals surface area (Å²) in [6.45, 7) is 0.265. The van der Waals surface area contributed by atoms with Gasteiger partial charge in [0.1, 0.15) is 5.82 Å². The molecule has 0 spiro atoms. The van der Waals surface area contributed by atoms with E-state index in [2.05, 4.69) is 4.72 Å². The molecule has 7 heteroatoms. The second kappa shape index (κ2) is 6.06. The number of hydrogen-bond donors (Lipinski definition) is 1. The van der Waals surface area contributed by atoms with Crippen molar-refractivity contribution in [3.63, 3.8) is 0 Å². The van der Waals surface area contributed by atoms with Crippen LogP contribution in [0.2, 0.25) is 10.0 Å². The molecule has 0 aliphatic heterocycles. The first-order chi connectivity index (χ1) is 10.8. The lowest BCUT2D eigenvalue weighted by atomic mass is 9.96. The van der Waals surface area contributed by atoms with Gasteiger partial charge in [-0.2, -0.15) is 0 Å². The van der Waals surface area contributed by atoms with Crippen molar-refractivity contribution in [2.75, 3.05) is 6.54 Å². The van der Waals surface area contributed by atoms with Gasteiger partial charge >= 0.3 is 0 Å². The van der Waals surface area contributed by atoms with Gasteiger partial charge in [0.25, 0.3) is 0 Å². The van der Waals surface area contributed by atoms with Crippen LogP contribution in [0.1, 0.15) is 18.4 Å². The fraction of sp³-hybridized carbons (Fsp3) is 0.250. The first kappa shape index (κ1) is 16.7. The van der Waals surface area contributed by atoms with Crippen LogP contribution in [-0.4, -0.2) is 15.0 Å². The van der Waals surface area contributed by atoms with Gasteiger partial charge in [-0.1, -0.05) is 35.3 Å². The summed E-state index contributed by atoms with van der Waals surface area (Å²) in [7, 11) is -3.68. The summed E-state index contributed by atoms with van der Waals surface area (Å²) >= 11 is 11.7. The Balaban J connectivity index is 1.76. The van der Waals surface area contributed by atoms with Crippen molar-refractivity contribution in [2.45, 2.75) is 23.2 Å². The molecule has 0 heterocycles. The number of hydrogen-bond acceptors (Lipinski definition) is 2. The number of nitrogens with one attached hydrogen (secondary N) is 1. The van der Waals surface area contributed by atoms with Gasteiger partial charge < -0.3 is 0 Å². The molecule has 1 fully saturated rings. The second-order valence-corrected chi connectivity index (χ2v) is 8.27. The third-order valence-electron chi connectivity index (χ3n) is 4.11. The van der Waals surface area contributed by atoms with Crippen LogP contribution in [0.15, 0.2) is 47.4 Å². The molecule has 0 saturated heterocycles. The summed E-state index contributed by atoms with van der Waals surface area (Å²) in [6.07, 6.45) is 1.73. The van der Waals surface area contributed by atoms with E-state index in [1.54, 1.807) is 12.1 Å². The van der Waals surface area contributed by atoms with Gasteiger partial charge in [-0.05, 0) is 48.7 Å². The van der Waals surface area contributed by atoms with Crippen LogP contribution < -0.4 is 4.72 Å². The highest BCUT2D eigenvalue weighted by Crippen LogP contribution is 2.47. The van der Waals surface area contributed by atoms with Gasteiger partial charge in [0, 0.05) is 12.0 Å². The van der Waals surface area contributed by atoms with Crippen molar-refractivity contribution in [3.8, 4) is 0 Å². The van der Waals surface area contributed by atoms with E-state index in [-0.39, 0.29) is 27.7 Å². The van der Waals surface area contributed by atoms with Crippen LogP contribution in [-0.2, 0) is 15.4 Å². The lowest BCUT2D eigenvalue weighted by Gasteiger charge is -2.17. The number of sulfonamides is 1. The molecule has 1 aliphatic carbocycles. The van der Waals surface area contributed by atoms with E-state index < -0.39 is 10.0 Å². The Bertz CT molecular complexity index is 834. The van der Waals surface area contributed by atoms with E-state index in [1.165, 1.54) is 30.3 Å². The quantitative estimate of drug-likeness (QED) is 0.855. The maximum absolute atomic E-state index is 13.0. The topological polar surface area (TPSA) is 46.2 Å². The normalized spacial score (nSPS) is 16.3. The average Bonchev–Trinajstić information content (AvgIpc) is 3.30. The Morgan fingerprint density at radius 2 is 1.70 bits per heavy atom. The molecule has 3 rings (SSSR count). The molecule has 0 aromatic heterocycles. The van der Waals surface area contributed by atoms with Gasteiger partial charge in [0.05, 0.1) is 14.9 Å². The minimum atomic E-state index is -3.68. The van der Waals surface area contributed by atoms with Gasteiger partial charge in [0.15, 0.2) is 0 Å². The zero-order valence-corrected chi connectivity index (χ0v) is 14.3. The Hall–Kier alpha value is -1.14. The molecule has 2 aromatic rings. The van der Waals surface area contributed by atoms with E-state index in [4.69, 9.17) is 23.2 Å². The SMILES string of the molecule is O=S(=O)(NCC1(c2ccc(F)cc2)CC1)c1ccc(Cl)c(Cl)c1. The zero-order chi connectivity index (χ0) is 16.7. The summed E-state index contributed by atoms with van der Waals surface area (Å²) in [5.74, 6) is -0.305. The van der Waals surface area contributed by atoms with Crippen molar-refractivity contribution in [1.29, 1.82) is 0 Å². The maximum Gasteiger partial charge on any atom is 0.240 e. The molecule has 0 amide bonds. The first-order valence-corrected chi connectivity index (χ1v) is 9.27. The fourth-order valence-corrected chi connectivity index (χ4v) is 4.00. The molecule has 1 aliphatic rings. The van der Waals surface area contributed by atoms with E-state index >= 15 is 0 Å². The van der Waals surface area contributed by atoms with Crippen LogP contribution in [0.3, 0.4) is 0 Å². The van der Waals surface area contributed by atoms with E-state index in [9.17, 15) is 12.8 Å². The predicted molar refractivity (Wildman–Crippen MR) is 89.0 cm³/mol. The summed E-state index contributed by atoms with van der Waals surface area (Å²) in [6, 6.07) is 10.4. The molecular formula is C16H14Cl2FNO2S. The Labute approximate surface area is 144 Å². The summed E-state index contributed by atoms with van der Waals surface area (Å²) in [5.41, 5.74) is 0.688. The Morgan fingerprint density at radius 3 is 2.26 bits per heavy atom. The summed E-state index contributed by atoms with van der Waals surface area (Å²) < 4.78 is 40.4. The molecule has 3 nitrogen and oxygen atoms in total. The lowest BCUT2D eigenvalue weighted by molar-refractivity contribution is 0.566. The highest BCUT2D eigenvalue weighted by atomic mass is 35.5. The summed E-state index contributed by atoms with van der Waals surface area (Å²) in [4.78, 5) is 0.0711. The molecule has 0 unspecified atom stereocenters. The molecule has 2 aromatic carbocycles. The third kappa shape index (κ3) is 3.53. The maximum atomic E-state index is 13.0. The third-order valence-corrected chi connectivity index (χ3v) is 6.25. The average molecular weight is 374 g/mol. The minimum Gasteiger partial charge on any atom is -0.210 e. The van der Waals surface area contributed by atoms with Crippen LogP contribution in [0, 0.1) is 5.82 Å². The molecule has 1 N–H and O–H groups in total. The molecule has 0 radical (unpaired) electrons. The van der Waals surface area contributed by atoms with Crippen molar-refractivity contribution in [3.05, 3.63) is 63.9 Å². The second-order valence-electron chi connectivity index (χ2n) is 5.69. The Kier molecular flexibility index (Phi) is 4.40. The van der Waals surface area contributed by atoms with Crippen molar-refractivity contribution in [1.82, 2.24) is 4.72 Å². The monoisotopic (exact) mass is 373 g/mol. The molecule has 23 heavy (non-hydrogen) atoms. The molecule has 0 bridgehead atoms. The molecule has 0 atom stereocenters. The van der Waals surface area contributed by atoms with Crippen LogP contribution in [0.25, 0.3) is 0 Å². The first-order valence-electron chi connectivity index (χ1n) is 7.03. The highest BCUT2D eigenvalue weighted by molar-refractivity contribution is 7.89. The summed E-state index contributed by atoms with van der Waals surface area (Å²) in [5, 5.41) is 0.491. The van der Waals surface area contributed by atoms with E-state index in [1.807, 2.05) is 0 Å². The van der Waals surface area contributed by atoms with E-state index in [0.717, 1.165) is 18.4 Å². The van der Waals surface area contributed by atoms with Gasteiger partial charge in [-0.15, -0.1) is 0 Å². The molecule has 1 saturated carbocycles. The highest BCUT2D eigenvalue weighted by Gasteiger charge is 2.44. The lowest BCUT2D eigenvalue weighted by Crippen LogP contribution is -2.32. The van der Waals surface area contributed by atoms with Crippen molar-refractivity contribution < 1.29 is 12.8 Å². The van der Waals surface area contributed by atoms with Crippen molar-refractivity contribution >= 4 is 33.2 Å². The van der Waals surface area contributed by atoms with Crippen LogP contribution in [0.4, 0.5) is 4.39 Å². The van der Waals surface area contributed by atoms with Crippen molar-refractivity contribution in [2.24, 2.45) is 0 Å².